The third-order valence-electron chi connectivity index (χ3n) is 4.56. The first-order valence-electron chi connectivity index (χ1n) is 9.37. The highest BCUT2D eigenvalue weighted by Crippen LogP contribution is 2.33. The molecule has 162 valence electrons. The van der Waals surface area contributed by atoms with Crippen molar-refractivity contribution >= 4 is 17.8 Å². The summed E-state index contributed by atoms with van der Waals surface area (Å²) in [4.78, 5) is 26.5. The van der Waals surface area contributed by atoms with Gasteiger partial charge in [0.15, 0.2) is 0 Å². The molecule has 0 fully saturated rings. The van der Waals surface area contributed by atoms with Crippen LogP contribution >= 0.6 is 0 Å². The van der Waals surface area contributed by atoms with Gasteiger partial charge in [-0.05, 0) is 32.9 Å². The largest absolute Gasteiger partial charge is 0.444 e. The molecule has 0 unspecified atom stereocenters. The fourth-order valence-corrected chi connectivity index (χ4v) is 3.24. The topological polar surface area (TPSA) is 76.5 Å². The zero-order valence-corrected chi connectivity index (χ0v) is 17.1. The molecule has 0 bridgehead atoms. The number of hydrogen-bond donors (Lipinski definition) is 1. The van der Waals surface area contributed by atoms with E-state index in [1.807, 2.05) is 0 Å². The lowest BCUT2D eigenvalue weighted by molar-refractivity contribution is -0.137. The average Bonchev–Trinajstić information content (AvgIpc) is 2.94. The van der Waals surface area contributed by atoms with E-state index in [1.54, 1.807) is 27.8 Å². The molecular weight excluding hydrogens is 401 g/mol. The van der Waals surface area contributed by atoms with E-state index < -0.39 is 34.9 Å². The third-order valence-corrected chi connectivity index (χ3v) is 4.56. The molecule has 0 aliphatic carbocycles. The van der Waals surface area contributed by atoms with Crippen molar-refractivity contribution in [3.8, 4) is 0 Å². The van der Waals surface area contributed by atoms with E-state index >= 15 is 0 Å². The van der Waals surface area contributed by atoms with Gasteiger partial charge in [-0.15, -0.1) is 0 Å². The standard InChI is InChI=1S/C20H23F3N4O3/c1-19(2,3)30-18(29)27-10-9-15-13(11-27)16(26(4)25-15)24-17(28)12-7-5-6-8-14(12)20(21,22)23/h5-8H,9-11H2,1-4H3,(H,24,28). The molecule has 1 N–H and O–H groups in total. The van der Waals surface area contributed by atoms with Gasteiger partial charge in [-0.1, -0.05) is 12.1 Å². The van der Waals surface area contributed by atoms with Crippen LogP contribution in [0.25, 0.3) is 0 Å². The SMILES string of the molecule is Cn1nc2c(c1NC(=O)c1ccccc1C(F)(F)F)CN(C(=O)OC(C)(C)C)CC2. The number of nitrogens with zero attached hydrogens (tertiary/aromatic N) is 3. The van der Waals surface area contributed by atoms with Gasteiger partial charge in [-0.25, -0.2) is 4.79 Å². The molecule has 10 heteroatoms. The second kappa shape index (κ2) is 7.66. The summed E-state index contributed by atoms with van der Waals surface area (Å²) in [6, 6.07) is 4.57. The van der Waals surface area contributed by atoms with Crippen molar-refractivity contribution in [3.05, 3.63) is 46.6 Å². The number of halogens is 3. The highest BCUT2D eigenvalue weighted by molar-refractivity contribution is 6.05. The van der Waals surface area contributed by atoms with Crippen LogP contribution in [0.15, 0.2) is 24.3 Å². The van der Waals surface area contributed by atoms with Crippen molar-refractivity contribution in [2.24, 2.45) is 7.05 Å². The van der Waals surface area contributed by atoms with E-state index in [2.05, 4.69) is 10.4 Å². The number of carbonyl (C=O) groups excluding carboxylic acids is 2. The fraction of sp³-hybridized carbons (Fsp3) is 0.450. The Labute approximate surface area is 171 Å². The molecule has 2 heterocycles. The number of amides is 2. The van der Waals surface area contributed by atoms with Crippen LogP contribution in [0.3, 0.4) is 0 Å². The van der Waals surface area contributed by atoms with Crippen LogP contribution in [-0.4, -0.2) is 38.8 Å². The molecule has 2 amide bonds. The Hall–Kier alpha value is -3.04. The Bertz CT molecular complexity index is 977. The Morgan fingerprint density at radius 2 is 1.83 bits per heavy atom. The molecule has 0 saturated carbocycles. The molecule has 1 aromatic carbocycles. The van der Waals surface area contributed by atoms with Crippen LogP contribution in [0, 0.1) is 0 Å². The number of benzene rings is 1. The lowest BCUT2D eigenvalue weighted by atomic mass is 10.1. The van der Waals surface area contributed by atoms with Crippen molar-refractivity contribution in [1.29, 1.82) is 0 Å². The van der Waals surface area contributed by atoms with Crippen molar-refractivity contribution in [1.82, 2.24) is 14.7 Å². The normalized spacial score (nSPS) is 14.3. The molecule has 0 spiro atoms. The monoisotopic (exact) mass is 424 g/mol. The van der Waals surface area contributed by atoms with Gasteiger partial charge in [-0.2, -0.15) is 18.3 Å². The van der Waals surface area contributed by atoms with E-state index in [0.717, 1.165) is 12.1 Å². The van der Waals surface area contributed by atoms with Crippen LogP contribution < -0.4 is 5.32 Å². The summed E-state index contributed by atoms with van der Waals surface area (Å²) < 4.78 is 46.6. The minimum Gasteiger partial charge on any atom is -0.444 e. The molecule has 0 saturated heterocycles. The van der Waals surface area contributed by atoms with Gasteiger partial charge in [0, 0.05) is 25.6 Å². The summed E-state index contributed by atoms with van der Waals surface area (Å²) >= 11 is 0. The van der Waals surface area contributed by atoms with Crippen molar-refractivity contribution in [2.75, 3.05) is 11.9 Å². The molecule has 0 radical (unpaired) electrons. The number of fused-ring (bicyclic) bond motifs is 1. The second-order valence-corrected chi connectivity index (χ2v) is 8.05. The molecule has 0 atom stereocenters. The summed E-state index contributed by atoms with van der Waals surface area (Å²) in [5.74, 6) is -0.650. The molecule has 30 heavy (non-hydrogen) atoms. The van der Waals surface area contributed by atoms with Crippen LogP contribution in [-0.2, 0) is 30.9 Å². The number of alkyl halides is 3. The van der Waals surface area contributed by atoms with Gasteiger partial charge in [0.1, 0.15) is 11.4 Å². The van der Waals surface area contributed by atoms with Gasteiger partial charge in [0.25, 0.3) is 5.91 Å². The number of anilines is 1. The van der Waals surface area contributed by atoms with Crippen molar-refractivity contribution < 1.29 is 27.5 Å². The molecule has 1 aliphatic heterocycles. The predicted octanol–water partition coefficient (Wildman–Crippen LogP) is 3.98. The lowest BCUT2D eigenvalue weighted by Gasteiger charge is -2.30. The number of aromatic nitrogens is 2. The smallest absolute Gasteiger partial charge is 0.417 e. The molecule has 3 rings (SSSR count). The Morgan fingerprint density at radius 1 is 1.17 bits per heavy atom. The molecule has 1 aromatic heterocycles. The molecule has 2 aromatic rings. The van der Waals surface area contributed by atoms with Crippen molar-refractivity contribution in [3.63, 3.8) is 0 Å². The Morgan fingerprint density at radius 3 is 2.47 bits per heavy atom. The first-order valence-corrected chi connectivity index (χ1v) is 9.37. The molecule has 1 aliphatic rings. The second-order valence-electron chi connectivity index (χ2n) is 8.05. The van der Waals surface area contributed by atoms with E-state index in [1.165, 1.54) is 21.7 Å². The minimum absolute atomic E-state index is 0.134. The first kappa shape index (κ1) is 21.7. The number of rotatable bonds is 2. The Balaban J connectivity index is 1.86. The maximum atomic E-state index is 13.3. The number of nitrogens with one attached hydrogen (secondary N) is 1. The number of carbonyl (C=O) groups is 2. The lowest BCUT2D eigenvalue weighted by Crippen LogP contribution is -2.40. The summed E-state index contributed by atoms with van der Waals surface area (Å²) in [7, 11) is 1.58. The van der Waals surface area contributed by atoms with Gasteiger partial charge in [-0.3, -0.25) is 9.48 Å². The maximum Gasteiger partial charge on any atom is 0.417 e. The van der Waals surface area contributed by atoms with E-state index in [9.17, 15) is 22.8 Å². The van der Waals surface area contributed by atoms with Crippen LogP contribution in [0.5, 0.6) is 0 Å². The number of aryl methyl sites for hydroxylation is 1. The number of ether oxygens (including phenoxy) is 1. The van der Waals surface area contributed by atoms with E-state index in [4.69, 9.17) is 4.74 Å². The van der Waals surface area contributed by atoms with E-state index in [0.29, 0.717) is 24.2 Å². The first-order chi connectivity index (χ1) is 13.9. The number of hydrogen-bond acceptors (Lipinski definition) is 4. The third kappa shape index (κ3) is 4.58. The highest BCUT2D eigenvalue weighted by atomic mass is 19.4. The van der Waals surface area contributed by atoms with Gasteiger partial charge in [0.2, 0.25) is 0 Å². The van der Waals surface area contributed by atoms with Gasteiger partial charge in [0.05, 0.1) is 23.4 Å². The highest BCUT2D eigenvalue weighted by Gasteiger charge is 2.36. The predicted molar refractivity (Wildman–Crippen MR) is 103 cm³/mol. The Kier molecular flexibility index (Phi) is 5.53. The van der Waals surface area contributed by atoms with Crippen LogP contribution in [0.4, 0.5) is 23.8 Å². The van der Waals surface area contributed by atoms with Crippen LogP contribution in [0.2, 0.25) is 0 Å². The summed E-state index contributed by atoms with van der Waals surface area (Å²) in [5.41, 5.74) is -0.914. The van der Waals surface area contributed by atoms with Crippen LogP contribution in [0.1, 0.15) is 48.0 Å². The maximum absolute atomic E-state index is 13.3. The molecule has 7 nitrogen and oxygen atoms in total. The summed E-state index contributed by atoms with van der Waals surface area (Å²) in [6.45, 7) is 5.80. The quantitative estimate of drug-likeness (QED) is 0.791. The van der Waals surface area contributed by atoms with Gasteiger partial charge >= 0.3 is 12.3 Å². The minimum atomic E-state index is -4.66. The van der Waals surface area contributed by atoms with Crippen molar-refractivity contribution in [2.45, 2.75) is 45.5 Å². The zero-order chi connectivity index (χ0) is 22.3. The van der Waals surface area contributed by atoms with Gasteiger partial charge < -0.3 is 15.0 Å². The van der Waals surface area contributed by atoms with E-state index in [-0.39, 0.29) is 12.4 Å². The zero-order valence-electron chi connectivity index (χ0n) is 17.1. The summed E-state index contributed by atoms with van der Waals surface area (Å²) in [5, 5.41) is 6.88. The average molecular weight is 424 g/mol. The molecular formula is C20H23F3N4O3. The fourth-order valence-electron chi connectivity index (χ4n) is 3.24. The summed E-state index contributed by atoms with van der Waals surface area (Å²) in [6.07, 6.45) is -4.72.